The van der Waals surface area contributed by atoms with E-state index in [0.717, 1.165) is 5.56 Å². The Bertz CT molecular complexity index is 930. The lowest BCUT2D eigenvalue weighted by Gasteiger charge is -2.18. The van der Waals surface area contributed by atoms with Crippen molar-refractivity contribution in [3.05, 3.63) is 30.0 Å². The normalized spacial score (nSPS) is 13.6. The maximum Gasteiger partial charge on any atom is 0.319 e. The monoisotopic (exact) mass is 364 g/mol. The molecule has 0 atom stereocenters. The number of aromatic nitrogens is 2. The van der Waals surface area contributed by atoms with Gasteiger partial charge in [0.15, 0.2) is 0 Å². The van der Waals surface area contributed by atoms with Gasteiger partial charge in [-0.1, -0.05) is 0 Å². The maximum atomic E-state index is 12.6. The highest BCUT2D eigenvalue weighted by Crippen LogP contribution is 2.29. The van der Waals surface area contributed by atoms with Crippen LogP contribution in [0, 0.1) is 0 Å². The van der Waals surface area contributed by atoms with E-state index in [0.29, 0.717) is 18.5 Å². The summed E-state index contributed by atoms with van der Waals surface area (Å²) < 4.78 is 37.6. The highest BCUT2D eigenvalue weighted by molar-refractivity contribution is 7.92. The number of ether oxygens (including phenoxy) is 2. The Morgan fingerprint density at radius 2 is 2.00 bits per heavy atom. The molecule has 132 valence electrons. The molecule has 2 aromatic rings. The van der Waals surface area contributed by atoms with Gasteiger partial charge in [-0.3, -0.25) is 9.52 Å². The maximum absolute atomic E-state index is 12.6. The number of benzene rings is 1. The Hall–Kier alpha value is -2.88. The van der Waals surface area contributed by atoms with Crippen molar-refractivity contribution in [3.63, 3.8) is 0 Å². The molecule has 0 spiro atoms. The van der Waals surface area contributed by atoms with Crippen molar-refractivity contribution in [1.29, 1.82) is 0 Å². The first-order valence-corrected chi connectivity index (χ1v) is 8.82. The predicted octanol–water partition coefficient (Wildman–Crippen LogP) is 1.18. The Labute approximate surface area is 144 Å². The molecule has 3 rings (SSSR count). The number of hydrogen-bond acceptors (Lipinski definition) is 7. The number of methoxy groups -OCH3 is 2. The standard InChI is InChI=1S/C15H16N4O5S/c1-23-14-12(8-16-15(18-14)24-2)19-25(21,22)10-4-5-11-9(7-10)3-6-13(20)17-11/h4-5,7-8,19H,3,6H2,1-2H3,(H,17,20). The van der Waals surface area contributed by atoms with Gasteiger partial charge >= 0.3 is 6.01 Å². The van der Waals surface area contributed by atoms with Crippen LogP contribution in [0.3, 0.4) is 0 Å². The number of fused-ring (bicyclic) bond motifs is 1. The van der Waals surface area contributed by atoms with Gasteiger partial charge in [-0.15, -0.1) is 0 Å². The van der Waals surface area contributed by atoms with Crippen LogP contribution in [0.5, 0.6) is 11.9 Å². The summed E-state index contributed by atoms with van der Waals surface area (Å²) >= 11 is 0. The molecule has 1 amide bonds. The molecule has 0 unspecified atom stereocenters. The first kappa shape index (κ1) is 17.0. The SMILES string of the molecule is COc1ncc(NS(=O)(=O)c2ccc3c(c2)CCC(=O)N3)c(OC)n1. The van der Waals surface area contributed by atoms with E-state index in [1.165, 1.54) is 32.5 Å². The van der Waals surface area contributed by atoms with Gasteiger partial charge in [0, 0.05) is 12.1 Å². The number of carbonyl (C=O) groups excluding carboxylic acids is 1. The molecule has 1 aromatic carbocycles. The lowest BCUT2D eigenvalue weighted by molar-refractivity contribution is -0.116. The number of hydrogen-bond donors (Lipinski definition) is 2. The zero-order valence-electron chi connectivity index (χ0n) is 13.6. The van der Waals surface area contributed by atoms with Gasteiger partial charge in [-0.2, -0.15) is 4.98 Å². The highest BCUT2D eigenvalue weighted by atomic mass is 32.2. The molecule has 0 saturated heterocycles. The molecule has 0 radical (unpaired) electrons. The molecule has 9 nitrogen and oxygen atoms in total. The summed E-state index contributed by atoms with van der Waals surface area (Å²) in [7, 11) is -1.12. The van der Waals surface area contributed by atoms with Crippen LogP contribution in [0.25, 0.3) is 0 Å². The van der Waals surface area contributed by atoms with Crippen molar-refractivity contribution in [2.24, 2.45) is 0 Å². The van der Waals surface area contributed by atoms with E-state index < -0.39 is 10.0 Å². The molecule has 25 heavy (non-hydrogen) atoms. The molecule has 0 bridgehead atoms. The third-order valence-corrected chi connectivity index (χ3v) is 5.00. The summed E-state index contributed by atoms with van der Waals surface area (Å²) in [6.45, 7) is 0. The highest BCUT2D eigenvalue weighted by Gasteiger charge is 2.22. The number of rotatable bonds is 5. The van der Waals surface area contributed by atoms with Gasteiger partial charge in [0.1, 0.15) is 5.69 Å². The number of amides is 1. The Kier molecular flexibility index (Phi) is 4.45. The van der Waals surface area contributed by atoms with Crippen molar-refractivity contribution >= 4 is 27.3 Å². The van der Waals surface area contributed by atoms with Gasteiger partial charge in [-0.05, 0) is 30.2 Å². The fraction of sp³-hybridized carbons (Fsp3) is 0.267. The average molecular weight is 364 g/mol. The van der Waals surface area contributed by atoms with Crippen molar-refractivity contribution in [2.45, 2.75) is 17.7 Å². The molecule has 1 aliphatic rings. The Balaban J connectivity index is 1.91. The second kappa shape index (κ2) is 6.55. The van der Waals surface area contributed by atoms with Gasteiger partial charge in [0.25, 0.3) is 10.0 Å². The fourth-order valence-electron chi connectivity index (χ4n) is 2.41. The van der Waals surface area contributed by atoms with Crippen LogP contribution in [-0.4, -0.2) is 38.5 Å². The van der Waals surface area contributed by atoms with Crippen LogP contribution in [0.15, 0.2) is 29.3 Å². The summed E-state index contributed by atoms with van der Waals surface area (Å²) in [4.78, 5) is 19.3. The Morgan fingerprint density at radius 1 is 1.20 bits per heavy atom. The van der Waals surface area contributed by atoms with Gasteiger partial charge in [0.05, 0.1) is 25.3 Å². The molecule has 2 heterocycles. The zero-order valence-corrected chi connectivity index (χ0v) is 14.4. The van der Waals surface area contributed by atoms with Crippen LogP contribution in [0.1, 0.15) is 12.0 Å². The van der Waals surface area contributed by atoms with Crippen LogP contribution >= 0.6 is 0 Å². The zero-order chi connectivity index (χ0) is 18.0. The van der Waals surface area contributed by atoms with Gasteiger partial charge in [-0.25, -0.2) is 13.4 Å². The summed E-state index contributed by atoms with van der Waals surface area (Å²) in [6, 6.07) is 4.59. The molecule has 1 aliphatic heterocycles. The van der Waals surface area contributed by atoms with E-state index in [2.05, 4.69) is 20.0 Å². The molecule has 0 saturated carbocycles. The smallest absolute Gasteiger partial charge is 0.319 e. The molecule has 2 N–H and O–H groups in total. The second-order valence-corrected chi connectivity index (χ2v) is 6.93. The predicted molar refractivity (Wildman–Crippen MR) is 89.3 cm³/mol. The lowest BCUT2D eigenvalue weighted by atomic mass is 10.0. The molecule has 0 fully saturated rings. The summed E-state index contributed by atoms with van der Waals surface area (Å²) in [6.07, 6.45) is 2.07. The quantitative estimate of drug-likeness (QED) is 0.817. The molecule has 0 aliphatic carbocycles. The van der Waals surface area contributed by atoms with E-state index in [-0.39, 0.29) is 28.4 Å². The van der Waals surface area contributed by atoms with Gasteiger partial charge < -0.3 is 14.8 Å². The van der Waals surface area contributed by atoms with Crippen molar-refractivity contribution in [3.8, 4) is 11.9 Å². The fourth-order valence-corrected chi connectivity index (χ4v) is 3.50. The summed E-state index contributed by atoms with van der Waals surface area (Å²) in [5, 5.41) is 2.71. The van der Waals surface area contributed by atoms with Crippen molar-refractivity contribution in [2.75, 3.05) is 24.3 Å². The number of sulfonamides is 1. The number of carbonyl (C=O) groups is 1. The summed E-state index contributed by atoms with van der Waals surface area (Å²) in [5.41, 5.74) is 1.48. The minimum atomic E-state index is -3.88. The molecular formula is C15H16N4O5S. The third kappa shape index (κ3) is 3.48. The van der Waals surface area contributed by atoms with E-state index in [9.17, 15) is 13.2 Å². The van der Waals surface area contributed by atoms with Crippen molar-refractivity contribution < 1.29 is 22.7 Å². The minimum Gasteiger partial charge on any atom is -0.479 e. The molecular weight excluding hydrogens is 348 g/mol. The van der Waals surface area contributed by atoms with E-state index >= 15 is 0 Å². The lowest BCUT2D eigenvalue weighted by Crippen LogP contribution is -2.20. The van der Waals surface area contributed by atoms with Crippen LogP contribution < -0.4 is 19.5 Å². The number of anilines is 2. The topological polar surface area (TPSA) is 120 Å². The number of nitrogens with one attached hydrogen (secondary N) is 2. The van der Waals surface area contributed by atoms with E-state index in [4.69, 9.17) is 9.47 Å². The summed E-state index contributed by atoms with van der Waals surface area (Å²) in [5.74, 6) is -0.0398. The van der Waals surface area contributed by atoms with Crippen LogP contribution in [-0.2, 0) is 21.2 Å². The van der Waals surface area contributed by atoms with Gasteiger partial charge in [0.2, 0.25) is 11.8 Å². The third-order valence-electron chi connectivity index (χ3n) is 3.63. The van der Waals surface area contributed by atoms with Crippen LogP contribution in [0.4, 0.5) is 11.4 Å². The Morgan fingerprint density at radius 3 is 2.72 bits per heavy atom. The first-order valence-electron chi connectivity index (χ1n) is 7.33. The van der Waals surface area contributed by atoms with Crippen molar-refractivity contribution in [1.82, 2.24) is 9.97 Å². The average Bonchev–Trinajstić information content (AvgIpc) is 2.61. The first-order chi connectivity index (χ1) is 11.9. The number of aryl methyl sites for hydroxylation is 1. The van der Waals surface area contributed by atoms with E-state index in [1.54, 1.807) is 6.07 Å². The minimum absolute atomic E-state index is 0.0423. The largest absolute Gasteiger partial charge is 0.479 e. The molecule has 1 aromatic heterocycles. The number of nitrogens with zero attached hydrogens (tertiary/aromatic N) is 2. The molecule has 10 heteroatoms. The van der Waals surface area contributed by atoms with Crippen LogP contribution in [0.2, 0.25) is 0 Å². The second-order valence-electron chi connectivity index (χ2n) is 5.25. The van der Waals surface area contributed by atoms with E-state index in [1.807, 2.05) is 0 Å².